The smallest absolute Gasteiger partial charge is 0.223 e. The van der Waals surface area contributed by atoms with Gasteiger partial charge in [-0.15, -0.1) is 0 Å². The highest BCUT2D eigenvalue weighted by Crippen LogP contribution is 2.25. The van der Waals surface area contributed by atoms with E-state index in [1.54, 1.807) is 0 Å². The molecule has 0 radical (unpaired) electrons. The second-order valence-electron chi connectivity index (χ2n) is 7.24. The van der Waals surface area contributed by atoms with Crippen molar-refractivity contribution in [1.29, 1.82) is 0 Å². The molecule has 0 saturated carbocycles. The van der Waals surface area contributed by atoms with Crippen LogP contribution >= 0.6 is 0 Å². The normalized spacial score (nSPS) is 18.1. The summed E-state index contributed by atoms with van der Waals surface area (Å²) < 4.78 is 5.17. The Morgan fingerprint density at radius 1 is 1.24 bits per heavy atom. The van der Waals surface area contributed by atoms with Gasteiger partial charge in [0.15, 0.2) is 0 Å². The fourth-order valence-corrected chi connectivity index (χ4v) is 3.97. The van der Waals surface area contributed by atoms with Crippen LogP contribution in [0.2, 0.25) is 0 Å². The number of nitrogens with zero attached hydrogens (tertiary/aromatic N) is 3. The lowest BCUT2D eigenvalue weighted by Gasteiger charge is -2.47. The van der Waals surface area contributed by atoms with Crippen LogP contribution in [0.5, 0.6) is 0 Å². The first-order valence-corrected chi connectivity index (χ1v) is 9.12. The maximum atomic E-state index is 12.4. The maximum Gasteiger partial charge on any atom is 0.223 e. The molecule has 5 nitrogen and oxygen atoms in total. The summed E-state index contributed by atoms with van der Waals surface area (Å²) in [5, 5.41) is 3.96. The molecule has 0 unspecified atom stereocenters. The zero-order chi connectivity index (χ0) is 17.4. The summed E-state index contributed by atoms with van der Waals surface area (Å²) in [6.45, 7) is 7.69. The first kappa shape index (κ1) is 16.3. The number of fused-ring (bicyclic) bond motifs is 1. The monoisotopic (exact) mass is 339 g/mol. The predicted molar refractivity (Wildman–Crippen MR) is 95.2 cm³/mol. The van der Waals surface area contributed by atoms with Crippen molar-refractivity contribution in [3.63, 3.8) is 0 Å². The Balaban J connectivity index is 1.27. The van der Waals surface area contributed by atoms with Gasteiger partial charge in [-0.25, -0.2) is 0 Å². The van der Waals surface area contributed by atoms with Gasteiger partial charge in [0.05, 0.1) is 5.69 Å². The van der Waals surface area contributed by atoms with E-state index in [2.05, 4.69) is 34.3 Å². The molecule has 1 amide bonds. The molecule has 2 aliphatic heterocycles. The summed E-state index contributed by atoms with van der Waals surface area (Å²) in [5.41, 5.74) is 4.90. The van der Waals surface area contributed by atoms with Gasteiger partial charge < -0.3 is 9.42 Å². The van der Waals surface area contributed by atoms with Crippen molar-refractivity contribution in [2.24, 2.45) is 0 Å². The number of aromatic nitrogens is 1. The summed E-state index contributed by atoms with van der Waals surface area (Å²) in [7, 11) is 0. The van der Waals surface area contributed by atoms with Crippen LogP contribution in [0.1, 0.15) is 34.6 Å². The summed E-state index contributed by atoms with van der Waals surface area (Å²) in [6, 6.07) is 9.21. The van der Waals surface area contributed by atoms with E-state index in [0.717, 1.165) is 56.0 Å². The van der Waals surface area contributed by atoms with Crippen LogP contribution in [0.25, 0.3) is 0 Å². The zero-order valence-electron chi connectivity index (χ0n) is 15.0. The van der Waals surface area contributed by atoms with Crippen LogP contribution in [-0.4, -0.2) is 46.5 Å². The minimum Gasteiger partial charge on any atom is -0.361 e. The Morgan fingerprint density at radius 2 is 2.00 bits per heavy atom. The third-order valence-corrected chi connectivity index (χ3v) is 5.66. The SMILES string of the molecule is Cc1noc(C)c1CCC(=O)N1CC(N2CCc3ccccc3C2)C1. The number of aryl methyl sites for hydroxylation is 2. The van der Waals surface area contributed by atoms with E-state index in [1.165, 1.54) is 11.1 Å². The van der Waals surface area contributed by atoms with Gasteiger partial charge in [-0.05, 0) is 37.8 Å². The Hall–Kier alpha value is -2.14. The minimum absolute atomic E-state index is 0.244. The van der Waals surface area contributed by atoms with Crippen molar-refractivity contribution < 1.29 is 9.32 Å². The van der Waals surface area contributed by atoms with Crippen LogP contribution in [0, 0.1) is 13.8 Å². The summed E-state index contributed by atoms with van der Waals surface area (Å²) in [4.78, 5) is 16.9. The van der Waals surface area contributed by atoms with Crippen LogP contribution in [0.3, 0.4) is 0 Å². The van der Waals surface area contributed by atoms with E-state index in [9.17, 15) is 4.79 Å². The largest absolute Gasteiger partial charge is 0.361 e. The topological polar surface area (TPSA) is 49.6 Å². The third-order valence-electron chi connectivity index (χ3n) is 5.66. The number of amides is 1. The summed E-state index contributed by atoms with van der Waals surface area (Å²) >= 11 is 0. The van der Waals surface area contributed by atoms with Crippen molar-refractivity contribution in [1.82, 2.24) is 15.0 Å². The number of hydrogen-bond acceptors (Lipinski definition) is 4. The average Bonchev–Trinajstić information content (AvgIpc) is 2.90. The molecule has 0 aliphatic carbocycles. The quantitative estimate of drug-likeness (QED) is 0.859. The first-order chi connectivity index (χ1) is 12.1. The van der Waals surface area contributed by atoms with Crippen LogP contribution < -0.4 is 0 Å². The minimum atomic E-state index is 0.244. The molecule has 1 aromatic carbocycles. The highest BCUT2D eigenvalue weighted by Gasteiger charge is 2.35. The van der Waals surface area contributed by atoms with Crippen molar-refractivity contribution in [2.45, 2.75) is 45.7 Å². The molecular formula is C20H25N3O2. The van der Waals surface area contributed by atoms with Crippen molar-refractivity contribution >= 4 is 5.91 Å². The molecule has 0 bridgehead atoms. The van der Waals surface area contributed by atoms with Gasteiger partial charge in [0, 0.05) is 44.2 Å². The Morgan fingerprint density at radius 3 is 2.72 bits per heavy atom. The molecular weight excluding hydrogens is 314 g/mol. The number of rotatable bonds is 4. The highest BCUT2D eigenvalue weighted by molar-refractivity contribution is 5.77. The fraction of sp³-hybridized carbons (Fsp3) is 0.500. The molecule has 2 aliphatic rings. The lowest BCUT2D eigenvalue weighted by molar-refractivity contribution is -0.138. The first-order valence-electron chi connectivity index (χ1n) is 9.12. The number of likely N-dealkylation sites (tertiary alicyclic amines) is 1. The van der Waals surface area contributed by atoms with Gasteiger partial charge in [-0.3, -0.25) is 9.69 Å². The standard InChI is InChI=1S/C20H25N3O2/c1-14-19(15(2)25-21-14)7-8-20(24)23-12-18(13-23)22-10-9-16-5-3-4-6-17(16)11-22/h3-6,18H,7-13H2,1-2H3. The van der Waals surface area contributed by atoms with Gasteiger partial charge >= 0.3 is 0 Å². The molecule has 0 N–H and O–H groups in total. The molecule has 2 aromatic rings. The van der Waals surface area contributed by atoms with Crippen LogP contribution in [-0.2, 0) is 24.2 Å². The van der Waals surface area contributed by atoms with Crippen molar-refractivity contribution in [3.05, 3.63) is 52.4 Å². The summed E-state index contributed by atoms with van der Waals surface area (Å²) in [6.07, 6.45) is 2.38. The van der Waals surface area contributed by atoms with Gasteiger partial charge in [-0.1, -0.05) is 29.4 Å². The van der Waals surface area contributed by atoms with Crippen molar-refractivity contribution in [2.75, 3.05) is 19.6 Å². The number of benzene rings is 1. The fourth-order valence-electron chi connectivity index (χ4n) is 3.97. The van der Waals surface area contributed by atoms with E-state index in [0.29, 0.717) is 12.5 Å². The second-order valence-corrected chi connectivity index (χ2v) is 7.24. The molecule has 5 heteroatoms. The Kier molecular flexibility index (Phi) is 4.34. The zero-order valence-corrected chi connectivity index (χ0v) is 15.0. The molecule has 0 spiro atoms. The lowest BCUT2D eigenvalue weighted by Crippen LogP contribution is -2.61. The maximum absolute atomic E-state index is 12.4. The van der Waals surface area contributed by atoms with E-state index in [1.807, 2.05) is 18.7 Å². The summed E-state index contributed by atoms with van der Waals surface area (Å²) in [5.74, 6) is 1.08. The average molecular weight is 339 g/mol. The lowest BCUT2D eigenvalue weighted by atomic mass is 9.96. The number of carbonyl (C=O) groups is 1. The van der Waals surface area contributed by atoms with Gasteiger partial charge in [0.2, 0.25) is 5.91 Å². The second kappa shape index (κ2) is 6.64. The predicted octanol–water partition coefficient (Wildman–Crippen LogP) is 2.49. The molecule has 1 saturated heterocycles. The Labute approximate surface area is 148 Å². The van der Waals surface area contributed by atoms with E-state index < -0.39 is 0 Å². The van der Waals surface area contributed by atoms with Crippen molar-refractivity contribution in [3.8, 4) is 0 Å². The van der Waals surface area contributed by atoms with E-state index >= 15 is 0 Å². The van der Waals surface area contributed by atoms with Crippen LogP contribution in [0.4, 0.5) is 0 Å². The number of carbonyl (C=O) groups excluding carboxylic acids is 1. The third kappa shape index (κ3) is 3.21. The molecule has 132 valence electrons. The number of hydrogen-bond donors (Lipinski definition) is 0. The van der Waals surface area contributed by atoms with Gasteiger partial charge in [0.1, 0.15) is 5.76 Å². The van der Waals surface area contributed by atoms with Gasteiger partial charge in [0.25, 0.3) is 0 Å². The molecule has 1 fully saturated rings. The van der Waals surface area contributed by atoms with Gasteiger partial charge in [-0.2, -0.15) is 0 Å². The van der Waals surface area contributed by atoms with E-state index in [4.69, 9.17) is 4.52 Å². The Bertz CT molecular complexity index is 757. The molecule has 0 atom stereocenters. The highest BCUT2D eigenvalue weighted by atomic mass is 16.5. The van der Waals surface area contributed by atoms with Crippen LogP contribution in [0.15, 0.2) is 28.8 Å². The van der Waals surface area contributed by atoms with E-state index in [-0.39, 0.29) is 5.91 Å². The molecule has 4 rings (SSSR count). The molecule has 25 heavy (non-hydrogen) atoms. The molecule has 1 aromatic heterocycles. The molecule has 3 heterocycles.